The van der Waals surface area contributed by atoms with E-state index in [2.05, 4.69) is 19.2 Å². The highest BCUT2D eigenvalue weighted by Crippen LogP contribution is 2.29. The summed E-state index contributed by atoms with van der Waals surface area (Å²) in [6.07, 6.45) is 2.52. The molecular weight excluding hydrogens is 338 g/mol. The Balaban J connectivity index is 1.74. The molecule has 5 nitrogen and oxygen atoms in total. The summed E-state index contributed by atoms with van der Waals surface area (Å²) in [4.78, 5) is 36.7. The number of hydrogen-bond acceptors (Lipinski definition) is 5. The van der Waals surface area contributed by atoms with Crippen molar-refractivity contribution in [3.8, 4) is 0 Å². The highest BCUT2D eigenvalue weighted by atomic mass is 32.1. The van der Waals surface area contributed by atoms with Crippen LogP contribution in [0.5, 0.6) is 0 Å². The first-order chi connectivity index (χ1) is 11.9. The van der Waals surface area contributed by atoms with Gasteiger partial charge in [-0.3, -0.25) is 14.4 Å². The predicted octanol–water partition coefficient (Wildman–Crippen LogP) is 3.58. The molecule has 0 spiro atoms. The third kappa shape index (κ3) is 5.66. The van der Waals surface area contributed by atoms with Crippen LogP contribution >= 0.6 is 11.3 Å². The van der Waals surface area contributed by atoms with E-state index in [-0.39, 0.29) is 30.6 Å². The Kier molecular flexibility index (Phi) is 7.17. The largest absolute Gasteiger partial charge is 0.453 e. The van der Waals surface area contributed by atoms with Crippen LogP contribution in [0.3, 0.4) is 0 Å². The molecule has 1 N–H and O–H groups in total. The predicted molar refractivity (Wildman–Crippen MR) is 97.5 cm³/mol. The van der Waals surface area contributed by atoms with Gasteiger partial charge >= 0.3 is 5.97 Å². The van der Waals surface area contributed by atoms with Crippen LogP contribution in [0.25, 0.3) is 0 Å². The van der Waals surface area contributed by atoms with E-state index < -0.39 is 12.1 Å². The van der Waals surface area contributed by atoms with Gasteiger partial charge in [-0.25, -0.2) is 0 Å². The molecular formula is C19H27NO4S. The molecule has 1 aliphatic rings. The monoisotopic (exact) mass is 365 g/mol. The van der Waals surface area contributed by atoms with Gasteiger partial charge in [-0.2, -0.15) is 0 Å². The number of carbonyl (C=O) groups excluding carboxylic acids is 3. The lowest BCUT2D eigenvalue weighted by molar-refractivity contribution is -0.155. The first-order valence-corrected chi connectivity index (χ1v) is 9.83. The molecule has 1 fully saturated rings. The van der Waals surface area contributed by atoms with Crippen molar-refractivity contribution in [1.29, 1.82) is 0 Å². The van der Waals surface area contributed by atoms with Gasteiger partial charge in [-0.15, -0.1) is 11.3 Å². The molecule has 1 aromatic heterocycles. The topological polar surface area (TPSA) is 72.5 Å². The number of hydrogen-bond donors (Lipinski definition) is 1. The van der Waals surface area contributed by atoms with E-state index in [0.29, 0.717) is 16.7 Å². The Bertz CT molecular complexity index is 599. The molecule has 1 amide bonds. The lowest BCUT2D eigenvalue weighted by Crippen LogP contribution is -2.47. The van der Waals surface area contributed by atoms with E-state index in [9.17, 15) is 14.4 Å². The van der Waals surface area contributed by atoms with Crippen LogP contribution in [0.4, 0.5) is 0 Å². The molecule has 25 heavy (non-hydrogen) atoms. The highest BCUT2D eigenvalue weighted by molar-refractivity contribution is 7.12. The smallest absolute Gasteiger partial charge is 0.307 e. The number of carbonyl (C=O) groups is 3. The van der Waals surface area contributed by atoms with Crippen LogP contribution in [-0.2, 0) is 14.3 Å². The Morgan fingerprint density at radius 3 is 2.72 bits per heavy atom. The van der Waals surface area contributed by atoms with Crippen molar-refractivity contribution in [2.45, 2.75) is 65.0 Å². The average Bonchev–Trinajstić information content (AvgIpc) is 3.11. The third-order valence-electron chi connectivity index (χ3n) is 5.06. The molecule has 0 bridgehead atoms. The van der Waals surface area contributed by atoms with Crippen LogP contribution < -0.4 is 5.32 Å². The molecule has 0 aromatic carbocycles. The van der Waals surface area contributed by atoms with Gasteiger partial charge in [0.2, 0.25) is 0 Å². The van der Waals surface area contributed by atoms with Crippen molar-refractivity contribution in [1.82, 2.24) is 5.32 Å². The van der Waals surface area contributed by atoms with Gasteiger partial charge in [-0.1, -0.05) is 32.8 Å². The van der Waals surface area contributed by atoms with Gasteiger partial charge in [0.05, 0.1) is 11.3 Å². The first kappa shape index (κ1) is 19.6. The van der Waals surface area contributed by atoms with E-state index in [1.165, 1.54) is 17.8 Å². The van der Waals surface area contributed by atoms with E-state index in [0.717, 1.165) is 12.8 Å². The SMILES string of the molecule is C[C@@H]1[C@@H](C)CCC[C@H]1NC(=O)[C@@H](C)OC(=O)CCC(=O)c1cccs1. The van der Waals surface area contributed by atoms with E-state index in [1.807, 2.05) is 5.38 Å². The number of Topliss-reactive ketones (excluding diaryl/α,β-unsaturated/α-hetero) is 1. The first-order valence-electron chi connectivity index (χ1n) is 8.95. The maximum absolute atomic E-state index is 12.3. The third-order valence-corrected chi connectivity index (χ3v) is 5.98. The number of ether oxygens (including phenoxy) is 1. The number of nitrogens with one attached hydrogen (secondary N) is 1. The Hall–Kier alpha value is -1.69. The van der Waals surface area contributed by atoms with Crippen LogP contribution in [0.2, 0.25) is 0 Å². The second kappa shape index (κ2) is 9.13. The normalized spacial score (nSPS) is 24.4. The molecule has 0 unspecified atom stereocenters. The lowest BCUT2D eigenvalue weighted by atomic mass is 9.78. The van der Waals surface area contributed by atoms with E-state index in [1.54, 1.807) is 19.1 Å². The lowest BCUT2D eigenvalue weighted by Gasteiger charge is -2.35. The van der Waals surface area contributed by atoms with E-state index >= 15 is 0 Å². The van der Waals surface area contributed by atoms with Crippen molar-refractivity contribution in [3.63, 3.8) is 0 Å². The molecule has 1 heterocycles. The number of ketones is 1. The standard InChI is InChI=1S/C19H27NO4S/c1-12-6-4-7-15(13(12)2)20-19(23)14(3)24-18(22)10-9-16(21)17-8-5-11-25-17/h5,8,11-15H,4,6-7,9-10H2,1-3H3,(H,20,23)/t12-,13+,14+,15+/m0/s1. The molecule has 138 valence electrons. The van der Waals surface area contributed by atoms with Gasteiger partial charge in [0, 0.05) is 12.5 Å². The summed E-state index contributed by atoms with van der Waals surface area (Å²) in [5.41, 5.74) is 0. The Morgan fingerprint density at radius 1 is 1.28 bits per heavy atom. The average molecular weight is 365 g/mol. The van der Waals surface area contributed by atoms with E-state index in [4.69, 9.17) is 4.74 Å². The zero-order valence-corrected chi connectivity index (χ0v) is 15.9. The molecule has 4 atom stereocenters. The van der Waals surface area contributed by atoms with Crippen molar-refractivity contribution < 1.29 is 19.1 Å². The molecule has 1 aromatic rings. The van der Waals surface area contributed by atoms with Gasteiger partial charge in [0.15, 0.2) is 11.9 Å². The molecule has 1 saturated carbocycles. The Labute approximate surface area is 153 Å². The number of amides is 1. The summed E-state index contributed by atoms with van der Waals surface area (Å²) < 4.78 is 5.18. The number of esters is 1. The molecule has 0 radical (unpaired) electrons. The van der Waals surface area contributed by atoms with Crippen molar-refractivity contribution in [2.75, 3.05) is 0 Å². The maximum atomic E-state index is 12.3. The second-order valence-corrected chi connectivity index (χ2v) is 7.86. The number of rotatable bonds is 7. The van der Waals surface area contributed by atoms with Crippen LogP contribution in [0, 0.1) is 11.8 Å². The van der Waals surface area contributed by atoms with Gasteiger partial charge in [-0.05, 0) is 36.6 Å². The summed E-state index contributed by atoms with van der Waals surface area (Å²) in [6.45, 7) is 5.93. The highest BCUT2D eigenvalue weighted by Gasteiger charge is 2.30. The van der Waals surface area contributed by atoms with Crippen molar-refractivity contribution in [2.24, 2.45) is 11.8 Å². The molecule has 0 aliphatic heterocycles. The summed E-state index contributed by atoms with van der Waals surface area (Å²) in [5.74, 6) is 0.153. The van der Waals surface area contributed by atoms with Crippen molar-refractivity contribution in [3.05, 3.63) is 22.4 Å². The molecule has 1 aliphatic carbocycles. The zero-order valence-electron chi connectivity index (χ0n) is 15.1. The fourth-order valence-corrected chi connectivity index (χ4v) is 3.87. The molecule has 6 heteroatoms. The minimum atomic E-state index is -0.839. The molecule has 2 rings (SSSR count). The quantitative estimate of drug-likeness (QED) is 0.592. The van der Waals surface area contributed by atoms with Gasteiger partial charge < -0.3 is 10.1 Å². The second-order valence-electron chi connectivity index (χ2n) is 6.91. The molecule has 0 saturated heterocycles. The van der Waals surface area contributed by atoms with Crippen LogP contribution in [0.1, 0.15) is 62.5 Å². The fourth-order valence-electron chi connectivity index (χ4n) is 3.17. The Morgan fingerprint density at radius 2 is 2.04 bits per heavy atom. The minimum Gasteiger partial charge on any atom is -0.453 e. The minimum absolute atomic E-state index is 0.00871. The summed E-state index contributed by atoms with van der Waals surface area (Å²) in [6, 6.07) is 3.68. The van der Waals surface area contributed by atoms with Crippen LogP contribution in [-0.4, -0.2) is 29.8 Å². The zero-order chi connectivity index (χ0) is 18.4. The summed E-state index contributed by atoms with van der Waals surface area (Å²) >= 11 is 1.36. The van der Waals surface area contributed by atoms with Gasteiger partial charge in [0.25, 0.3) is 5.91 Å². The summed E-state index contributed by atoms with van der Waals surface area (Å²) in [7, 11) is 0. The summed E-state index contributed by atoms with van der Waals surface area (Å²) in [5, 5.41) is 4.83. The fraction of sp³-hybridized carbons (Fsp3) is 0.632. The number of thiophene rings is 1. The van der Waals surface area contributed by atoms with Crippen molar-refractivity contribution >= 4 is 29.0 Å². The van der Waals surface area contributed by atoms with Gasteiger partial charge in [0.1, 0.15) is 0 Å². The van der Waals surface area contributed by atoms with Crippen LogP contribution in [0.15, 0.2) is 17.5 Å². The maximum Gasteiger partial charge on any atom is 0.307 e.